The minimum atomic E-state index is -0.297. The first kappa shape index (κ1) is 12.9. The van der Waals surface area contributed by atoms with Gasteiger partial charge in [-0.05, 0) is 75.5 Å². The molecule has 4 aliphatic rings. The molecule has 4 aliphatic carbocycles. The van der Waals surface area contributed by atoms with E-state index in [0.717, 1.165) is 29.6 Å². The van der Waals surface area contributed by atoms with Crippen LogP contribution in [0.15, 0.2) is 12.2 Å². The molecule has 4 saturated carbocycles. The SMILES string of the molecule is C=C(C)C(=O)OC(C)(CC)C12CC3CC4(CC4C1)C3C2. The predicted octanol–water partition coefficient (Wildman–Crippen LogP) is 4.10. The van der Waals surface area contributed by atoms with Gasteiger partial charge in [0.25, 0.3) is 0 Å². The Hall–Kier alpha value is -0.790. The summed E-state index contributed by atoms with van der Waals surface area (Å²) in [7, 11) is 0. The number of rotatable bonds is 4. The zero-order chi connectivity index (χ0) is 14.3. The maximum Gasteiger partial charge on any atom is 0.333 e. The summed E-state index contributed by atoms with van der Waals surface area (Å²) in [6.45, 7) is 9.86. The average Bonchev–Trinajstić information content (AvgIpc) is 3.05. The van der Waals surface area contributed by atoms with Crippen LogP contribution in [0.2, 0.25) is 0 Å². The van der Waals surface area contributed by atoms with Crippen LogP contribution in [0, 0.1) is 28.6 Å². The minimum Gasteiger partial charge on any atom is -0.455 e. The molecule has 0 aliphatic heterocycles. The van der Waals surface area contributed by atoms with Crippen molar-refractivity contribution < 1.29 is 9.53 Å². The molecule has 0 heterocycles. The zero-order valence-corrected chi connectivity index (χ0v) is 13.0. The average molecular weight is 274 g/mol. The summed E-state index contributed by atoms with van der Waals surface area (Å²) in [5, 5.41) is 0. The summed E-state index contributed by atoms with van der Waals surface area (Å²) >= 11 is 0. The maximum atomic E-state index is 12.1. The molecule has 0 amide bonds. The zero-order valence-electron chi connectivity index (χ0n) is 13.0. The summed E-state index contributed by atoms with van der Waals surface area (Å²) in [6, 6.07) is 0. The van der Waals surface area contributed by atoms with Gasteiger partial charge in [-0.2, -0.15) is 0 Å². The molecule has 0 aromatic rings. The Balaban J connectivity index is 1.64. The summed E-state index contributed by atoms with van der Waals surface area (Å²) in [6.07, 6.45) is 7.76. The molecule has 0 saturated heterocycles. The van der Waals surface area contributed by atoms with Gasteiger partial charge in [0.15, 0.2) is 0 Å². The number of carbonyl (C=O) groups excluding carboxylic acids is 1. The lowest BCUT2D eigenvalue weighted by Crippen LogP contribution is -2.49. The van der Waals surface area contributed by atoms with Crippen LogP contribution in [0.25, 0.3) is 0 Å². The van der Waals surface area contributed by atoms with Gasteiger partial charge in [-0.1, -0.05) is 13.5 Å². The van der Waals surface area contributed by atoms with E-state index in [4.69, 9.17) is 4.74 Å². The van der Waals surface area contributed by atoms with Gasteiger partial charge in [0.1, 0.15) is 5.60 Å². The highest BCUT2D eigenvalue weighted by atomic mass is 16.6. The predicted molar refractivity (Wildman–Crippen MR) is 78.0 cm³/mol. The fourth-order valence-electron chi connectivity index (χ4n) is 6.19. The van der Waals surface area contributed by atoms with E-state index >= 15 is 0 Å². The Morgan fingerprint density at radius 3 is 2.70 bits per heavy atom. The molecular weight excluding hydrogens is 248 g/mol. The van der Waals surface area contributed by atoms with Gasteiger partial charge < -0.3 is 4.74 Å². The first-order valence-corrected chi connectivity index (χ1v) is 8.25. The van der Waals surface area contributed by atoms with Crippen LogP contribution in [0.3, 0.4) is 0 Å². The Bertz CT molecular complexity index is 506. The lowest BCUT2D eigenvalue weighted by Gasteiger charge is -2.49. The molecule has 6 unspecified atom stereocenters. The van der Waals surface area contributed by atoms with E-state index in [0.29, 0.717) is 5.57 Å². The van der Waals surface area contributed by atoms with Crippen LogP contribution >= 0.6 is 0 Å². The first-order chi connectivity index (χ1) is 9.36. The number of esters is 1. The van der Waals surface area contributed by atoms with Gasteiger partial charge in [-0.25, -0.2) is 4.79 Å². The van der Waals surface area contributed by atoms with E-state index in [-0.39, 0.29) is 17.0 Å². The van der Waals surface area contributed by atoms with E-state index in [2.05, 4.69) is 20.4 Å². The van der Waals surface area contributed by atoms with Crippen molar-refractivity contribution in [2.45, 2.75) is 64.9 Å². The van der Waals surface area contributed by atoms with Crippen LogP contribution < -0.4 is 0 Å². The molecule has 2 nitrogen and oxygen atoms in total. The number of hydrogen-bond donors (Lipinski definition) is 0. The Kier molecular flexibility index (Phi) is 2.27. The van der Waals surface area contributed by atoms with Crippen molar-refractivity contribution in [3.63, 3.8) is 0 Å². The van der Waals surface area contributed by atoms with Crippen molar-refractivity contribution in [3.8, 4) is 0 Å². The van der Waals surface area contributed by atoms with Crippen molar-refractivity contribution >= 4 is 5.97 Å². The van der Waals surface area contributed by atoms with Crippen LogP contribution in [0.4, 0.5) is 0 Å². The van der Waals surface area contributed by atoms with Crippen LogP contribution in [0.5, 0.6) is 0 Å². The highest BCUT2D eigenvalue weighted by molar-refractivity contribution is 5.87. The van der Waals surface area contributed by atoms with E-state index < -0.39 is 0 Å². The highest BCUT2D eigenvalue weighted by Crippen LogP contribution is 2.85. The van der Waals surface area contributed by atoms with E-state index in [1.807, 2.05) is 0 Å². The molecule has 0 N–H and O–H groups in total. The smallest absolute Gasteiger partial charge is 0.333 e. The Labute approximate surface area is 122 Å². The number of hydrogen-bond acceptors (Lipinski definition) is 2. The first-order valence-electron chi connectivity index (χ1n) is 8.25. The van der Waals surface area contributed by atoms with Crippen molar-refractivity contribution in [3.05, 3.63) is 12.2 Å². The summed E-state index contributed by atoms with van der Waals surface area (Å²) in [5.74, 6) is 2.62. The number of carbonyl (C=O) groups is 1. The molecule has 110 valence electrons. The third kappa shape index (κ3) is 1.29. The highest BCUT2D eigenvalue weighted by Gasteiger charge is 2.78. The van der Waals surface area contributed by atoms with Gasteiger partial charge in [-0.15, -0.1) is 0 Å². The molecule has 1 spiro atoms. The largest absolute Gasteiger partial charge is 0.455 e. The summed E-state index contributed by atoms with van der Waals surface area (Å²) in [5.41, 5.74) is 1.24. The topological polar surface area (TPSA) is 26.3 Å². The molecule has 2 bridgehead atoms. The number of ether oxygens (including phenoxy) is 1. The van der Waals surface area contributed by atoms with Gasteiger partial charge in [-0.3, -0.25) is 0 Å². The molecule has 0 aromatic carbocycles. The third-order valence-electron chi connectivity index (χ3n) is 7.59. The summed E-state index contributed by atoms with van der Waals surface area (Å²) in [4.78, 5) is 12.1. The quantitative estimate of drug-likeness (QED) is 0.570. The van der Waals surface area contributed by atoms with Gasteiger partial charge in [0, 0.05) is 11.0 Å². The molecule has 6 atom stereocenters. The normalized spacial score (nSPS) is 49.6. The molecule has 0 aromatic heterocycles. The molecule has 4 rings (SSSR count). The lowest BCUT2D eigenvalue weighted by atomic mass is 9.58. The van der Waals surface area contributed by atoms with Crippen molar-refractivity contribution in [2.24, 2.45) is 28.6 Å². The van der Waals surface area contributed by atoms with Crippen molar-refractivity contribution in [1.82, 2.24) is 0 Å². The second-order valence-electron chi connectivity index (χ2n) is 8.35. The minimum absolute atomic E-state index is 0.199. The fraction of sp³-hybridized carbons (Fsp3) is 0.833. The van der Waals surface area contributed by atoms with E-state index in [1.54, 1.807) is 6.92 Å². The standard InChI is InChI=1S/C18H26O2/c1-5-16(4,20-15(19)11(2)3)17-6-12-7-18(14(12)10-17)9-13(18)8-17/h12-14H,2,5-10H2,1,3-4H3. The van der Waals surface area contributed by atoms with Crippen molar-refractivity contribution in [1.29, 1.82) is 0 Å². The van der Waals surface area contributed by atoms with Gasteiger partial charge in [0.05, 0.1) is 0 Å². The fourth-order valence-corrected chi connectivity index (χ4v) is 6.19. The van der Waals surface area contributed by atoms with Gasteiger partial charge >= 0.3 is 5.97 Å². The monoisotopic (exact) mass is 274 g/mol. The third-order valence-corrected chi connectivity index (χ3v) is 7.59. The van der Waals surface area contributed by atoms with E-state index in [1.165, 1.54) is 32.1 Å². The Morgan fingerprint density at radius 2 is 2.05 bits per heavy atom. The van der Waals surface area contributed by atoms with Crippen LogP contribution in [-0.2, 0) is 9.53 Å². The molecule has 0 radical (unpaired) electrons. The number of fused-ring (bicyclic) bond motifs is 1. The van der Waals surface area contributed by atoms with Crippen LogP contribution in [0.1, 0.15) is 59.3 Å². The van der Waals surface area contributed by atoms with E-state index in [9.17, 15) is 4.79 Å². The van der Waals surface area contributed by atoms with Gasteiger partial charge in [0.2, 0.25) is 0 Å². The van der Waals surface area contributed by atoms with Crippen molar-refractivity contribution in [2.75, 3.05) is 0 Å². The molecular formula is C18H26O2. The molecule has 20 heavy (non-hydrogen) atoms. The maximum absolute atomic E-state index is 12.1. The Morgan fingerprint density at radius 1 is 1.30 bits per heavy atom. The second-order valence-corrected chi connectivity index (χ2v) is 8.35. The lowest BCUT2D eigenvalue weighted by molar-refractivity contribution is -0.174. The molecule has 4 fully saturated rings. The summed E-state index contributed by atoms with van der Waals surface area (Å²) < 4.78 is 6.00. The second kappa shape index (κ2) is 3.51. The van der Waals surface area contributed by atoms with Crippen LogP contribution in [-0.4, -0.2) is 11.6 Å². The molecule has 2 heteroatoms.